The van der Waals surface area contributed by atoms with E-state index in [0.29, 0.717) is 11.6 Å². The first-order valence-corrected chi connectivity index (χ1v) is 11.8. The van der Waals surface area contributed by atoms with Crippen molar-refractivity contribution in [1.29, 1.82) is 0 Å². The van der Waals surface area contributed by atoms with Crippen molar-refractivity contribution in [3.8, 4) is 0 Å². The summed E-state index contributed by atoms with van der Waals surface area (Å²) in [5.74, 6) is 0.00984. The molecule has 0 unspecified atom stereocenters. The number of hydrogen-bond donors (Lipinski definition) is 1. The standard InChI is InChI=1S/C27H34N2O3/c1-5-29-23-9-7-6-8-21(23)22-16-20(14-15-24(22)29)28-25(30)17-32-26(31)18-10-12-19(13-11-18)27(2,3)4/h6-9,14-16,18-19H,5,10-13,17H2,1-4H3,(H,28,30). The summed E-state index contributed by atoms with van der Waals surface area (Å²) in [6.07, 6.45) is 3.78. The van der Waals surface area contributed by atoms with Gasteiger partial charge in [0.25, 0.3) is 5.91 Å². The zero-order chi connectivity index (χ0) is 22.9. The third-order valence-corrected chi connectivity index (χ3v) is 7.00. The molecule has 3 aromatic rings. The lowest BCUT2D eigenvalue weighted by molar-refractivity contribution is -0.153. The van der Waals surface area contributed by atoms with Gasteiger partial charge in [-0.3, -0.25) is 9.59 Å². The van der Waals surface area contributed by atoms with Crippen molar-refractivity contribution in [3.05, 3.63) is 42.5 Å². The second-order valence-corrected chi connectivity index (χ2v) is 10.1. The Labute approximate surface area is 190 Å². The van der Waals surface area contributed by atoms with Crippen LogP contribution < -0.4 is 5.32 Å². The Morgan fingerprint density at radius 3 is 2.38 bits per heavy atom. The van der Waals surface area contributed by atoms with Crippen LogP contribution in [0, 0.1) is 17.3 Å². The molecule has 5 nitrogen and oxygen atoms in total. The van der Waals surface area contributed by atoms with E-state index in [0.717, 1.165) is 48.5 Å². The van der Waals surface area contributed by atoms with Crippen LogP contribution in [-0.2, 0) is 20.9 Å². The van der Waals surface area contributed by atoms with E-state index in [1.165, 1.54) is 5.52 Å². The third kappa shape index (κ3) is 4.52. The molecule has 1 fully saturated rings. The average Bonchev–Trinajstić information content (AvgIpc) is 3.10. The Hall–Kier alpha value is -2.82. The summed E-state index contributed by atoms with van der Waals surface area (Å²) >= 11 is 0. The summed E-state index contributed by atoms with van der Waals surface area (Å²) in [4.78, 5) is 24.9. The molecule has 1 amide bonds. The molecule has 1 heterocycles. The number of ether oxygens (including phenoxy) is 1. The smallest absolute Gasteiger partial charge is 0.309 e. The van der Waals surface area contributed by atoms with Crippen molar-refractivity contribution in [2.75, 3.05) is 11.9 Å². The SMILES string of the molecule is CCn1c2ccccc2c2cc(NC(=O)COC(=O)C3CCC(C(C)(C)C)CC3)ccc21. The number of amides is 1. The van der Waals surface area contributed by atoms with Gasteiger partial charge in [-0.1, -0.05) is 39.0 Å². The maximum Gasteiger partial charge on any atom is 0.309 e. The lowest BCUT2D eigenvalue weighted by Crippen LogP contribution is -2.31. The van der Waals surface area contributed by atoms with Gasteiger partial charge in [0.1, 0.15) is 0 Å². The zero-order valence-corrected chi connectivity index (χ0v) is 19.6. The van der Waals surface area contributed by atoms with Crippen molar-refractivity contribution < 1.29 is 14.3 Å². The number of anilines is 1. The topological polar surface area (TPSA) is 60.3 Å². The maximum atomic E-state index is 12.5. The Balaban J connectivity index is 1.36. The highest BCUT2D eigenvalue weighted by atomic mass is 16.5. The number of carbonyl (C=O) groups excluding carboxylic acids is 2. The van der Waals surface area contributed by atoms with Crippen molar-refractivity contribution in [1.82, 2.24) is 4.57 Å². The minimum absolute atomic E-state index is 0.0853. The molecule has 0 atom stereocenters. The van der Waals surface area contributed by atoms with Gasteiger partial charge in [0.15, 0.2) is 6.61 Å². The van der Waals surface area contributed by atoms with E-state index in [1.807, 2.05) is 30.3 Å². The minimum Gasteiger partial charge on any atom is -0.455 e. The third-order valence-electron chi connectivity index (χ3n) is 7.00. The van der Waals surface area contributed by atoms with Crippen LogP contribution in [0.25, 0.3) is 21.8 Å². The summed E-state index contributed by atoms with van der Waals surface area (Å²) < 4.78 is 7.63. The summed E-state index contributed by atoms with van der Waals surface area (Å²) in [7, 11) is 0. The number of esters is 1. The number of aryl methyl sites for hydroxylation is 1. The van der Waals surface area contributed by atoms with Crippen LogP contribution in [0.3, 0.4) is 0 Å². The van der Waals surface area contributed by atoms with Gasteiger partial charge < -0.3 is 14.6 Å². The molecule has 0 aliphatic heterocycles. The molecule has 0 bridgehead atoms. The summed E-state index contributed by atoms with van der Waals surface area (Å²) in [5.41, 5.74) is 3.31. The lowest BCUT2D eigenvalue weighted by Gasteiger charge is -2.36. The average molecular weight is 435 g/mol. The molecular weight excluding hydrogens is 400 g/mol. The van der Waals surface area contributed by atoms with Crippen molar-refractivity contribution in [2.45, 2.75) is 59.9 Å². The predicted molar refractivity (Wildman–Crippen MR) is 130 cm³/mol. The van der Waals surface area contributed by atoms with Crippen LogP contribution in [0.15, 0.2) is 42.5 Å². The summed E-state index contributed by atoms with van der Waals surface area (Å²) in [5, 5.41) is 5.15. The van der Waals surface area contributed by atoms with E-state index in [1.54, 1.807) is 0 Å². The fourth-order valence-electron chi connectivity index (χ4n) is 5.12. The number of nitrogens with one attached hydrogen (secondary N) is 1. The highest BCUT2D eigenvalue weighted by molar-refractivity contribution is 6.09. The second-order valence-electron chi connectivity index (χ2n) is 10.1. The summed E-state index contributed by atoms with van der Waals surface area (Å²) in [6, 6.07) is 14.2. The number of aromatic nitrogens is 1. The Morgan fingerprint density at radius 1 is 1.00 bits per heavy atom. The number of hydrogen-bond acceptors (Lipinski definition) is 3. The highest BCUT2D eigenvalue weighted by Gasteiger charge is 2.33. The van der Waals surface area contributed by atoms with Crippen LogP contribution >= 0.6 is 0 Å². The van der Waals surface area contributed by atoms with Crippen LogP contribution in [-0.4, -0.2) is 23.1 Å². The van der Waals surface area contributed by atoms with E-state index in [9.17, 15) is 9.59 Å². The van der Waals surface area contributed by atoms with E-state index in [-0.39, 0.29) is 29.8 Å². The number of rotatable bonds is 5. The maximum absolute atomic E-state index is 12.5. The van der Waals surface area contributed by atoms with E-state index >= 15 is 0 Å². The van der Waals surface area contributed by atoms with Crippen LogP contribution in [0.2, 0.25) is 0 Å². The van der Waals surface area contributed by atoms with Gasteiger partial charge in [0.05, 0.1) is 5.92 Å². The molecule has 2 aromatic carbocycles. The van der Waals surface area contributed by atoms with Gasteiger partial charge in [-0.25, -0.2) is 0 Å². The number of fused-ring (bicyclic) bond motifs is 3. The van der Waals surface area contributed by atoms with Crippen molar-refractivity contribution >= 4 is 39.4 Å². The predicted octanol–water partition coefficient (Wildman–Crippen LogP) is 6.15. The van der Waals surface area contributed by atoms with Crippen molar-refractivity contribution in [2.24, 2.45) is 17.3 Å². The number of benzene rings is 2. The summed E-state index contributed by atoms with van der Waals surface area (Å²) in [6.45, 7) is 9.55. The fraction of sp³-hybridized carbons (Fsp3) is 0.481. The first-order chi connectivity index (χ1) is 15.3. The quantitative estimate of drug-likeness (QED) is 0.490. The largest absolute Gasteiger partial charge is 0.455 e. The van der Waals surface area contributed by atoms with Gasteiger partial charge in [0, 0.05) is 34.0 Å². The molecule has 1 aromatic heterocycles. The Kier molecular flexibility index (Phi) is 6.27. The molecule has 1 aliphatic rings. The first kappa shape index (κ1) is 22.4. The molecule has 1 saturated carbocycles. The fourth-order valence-corrected chi connectivity index (χ4v) is 5.12. The normalized spacial score (nSPS) is 19.2. The first-order valence-electron chi connectivity index (χ1n) is 11.8. The molecular formula is C27H34N2O3. The molecule has 170 valence electrons. The van der Waals surface area contributed by atoms with Gasteiger partial charge in [0.2, 0.25) is 0 Å². The van der Waals surface area contributed by atoms with Crippen LogP contribution in [0.5, 0.6) is 0 Å². The molecule has 1 N–H and O–H groups in total. The zero-order valence-electron chi connectivity index (χ0n) is 19.6. The monoisotopic (exact) mass is 434 g/mol. The minimum atomic E-state index is -0.305. The van der Waals surface area contributed by atoms with Gasteiger partial charge in [-0.2, -0.15) is 0 Å². The van der Waals surface area contributed by atoms with Gasteiger partial charge in [-0.15, -0.1) is 0 Å². The number of carbonyl (C=O) groups is 2. The molecule has 5 heteroatoms. The van der Waals surface area contributed by atoms with Crippen molar-refractivity contribution in [3.63, 3.8) is 0 Å². The van der Waals surface area contributed by atoms with Gasteiger partial charge >= 0.3 is 5.97 Å². The Bertz CT molecular complexity index is 1130. The molecule has 0 spiro atoms. The molecule has 0 radical (unpaired) electrons. The van der Waals surface area contributed by atoms with Crippen LogP contribution in [0.1, 0.15) is 53.4 Å². The number of nitrogens with zero attached hydrogens (tertiary/aromatic N) is 1. The second kappa shape index (κ2) is 8.97. The molecule has 1 aliphatic carbocycles. The van der Waals surface area contributed by atoms with Crippen LogP contribution in [0.4, 0.5) is 5.69 Å². The van der Waals surface area contributed by atoms with E-state index < -0.39 is 0 Å². The highest BCUT2D eigenvalue weighted by Crippen LogP contribution is 2.40. The molecule has 0 saturated heterocycles. The number of para-hydroxylation sites is 1. The molecule has 32 heavy (non-hydrogen) atoms. The molecule has 4 rings (SSSR count). The van der Waals surface area contributed by atoms with E-state index in [4.69, 9.17) is 4.74 Å². The van der Waals surface area contributed by atoms with E-state index in [2.05, 4.69) is 49.7 Å². The Morgan fingerprint density at radius 2 is 1.69 bits per heavy atom. The van der Waals surface area contributed by atoms with Gasteiger partial charge in [-0.05, 0) is 68.2 Å². The lowest BCUT2D eigenvalue weighted by atomic mass is 9.70.